The zero-order chi connectivity index (χ0) is 12.1. The van der Waals surface area contributed by atoms with Crippen molar-refractivity contribution in [3.05, 3.63) is 70.8 Å². The quantitative estimate of drug-likeness (QED) is 0.638. The van der Waals surface area contributed by atoms with E-state index in [0.717, 1.165) is 17.5 Å². The van der Waals surface area contributed by atoms with Crippen molar-refractivity contribution in [3.63, 3.8) is 0 Å². The molecule has 0 aliphatic heterocycles. The Balaban J connectivity index is 2.26. The van der Waals surface area contributed by atoms with Gasteiger partial charge >= 0.3 is 0 Å². The topological polar surface area (TPSA) is 0 Å². The van der Waals surface area contributed by atoms with Gasteiger partial charge in [0.1, 0.15) is 0 Å². The Morgan fingerprint density at radius 3 is 2.24 bits per heavy atom. The SMILES string of the molecule is CCc1ccc(C#Cc2ccccc2)cc1C. The van der Waals surface area contributed by atoms with Gasteiger partial charge in [-0.25, -0.2) is 0 Å². The molecule has 0 aromatic heterocycles. The molecule has 2 aromatic rings. The third kappa shape index (κ3) is 2.98. The van der Waals surface area contributed by atoms with Crippen LogP contribution in [0.15, 0.2) is 48.5 Å². The molecule has 84 valence electrons. The van der Waals surface area contributed by atoms with Gasteiger partial charge in [-0.2, -0.15) is 0 Å². The largest absolute Gasteiger partial charge is 0.0622 e. The molecule has 0 bridgehead atoms. The maximum atomic E-state index is 3.20. The molecule has 0 nitrogen and oxygen atoms in total. The van der Waals surface area contributed by atoms with Crippen LogP contribution in [0.1, 0.15) is 29.2 Å². The Kier molecular flexibility index (Phi) is 3.62. The molecular weight excluding hydrogens is 204 g/mol. The van der Waals surface area contributed by atoms with Gasteiger partial charge < -0.3 is 0 Å². The van der Waals surface area contributed by atoms with Crippen LogP contribution in [0, 0.1) is 18.8 Å². The molecule has 0 saturated heterocycles. The van der Waals surface area contributed by atoms with Crippen molar-refractivity contribution in [1.29, 1.82) is 0 Å². The van der Waals surface area contributed by atoms with E-state index < -0.39 is 0 Å². The van der Waals surface area contributed by atoms with E-state index in [1.807, 2.05) is 30.3 Å². The molecule has 2 rings (SSSR count). The van der Waals surface area contributed by atoms with Crippen LogP contribution in [-0.2, 0) is 6.42 Å². The average Bonchev–Trinajstić information content (AvgIpc) is 2.38. The number of hydrogen-bond acceptors (Lipinski definition) is 0. The monoisotopic (exact) mass is 220 g/mol. The summed E-state index contributed by atoms with van der Waals surface area (Å²) in [6.45, 7) is 4.32. The average molecular weight is 220 g/mol. The highest BCUT2D eigenvalue weighted by Gasteiger charge is 1.95. The molecule has 0 N–H and O–H groups in total. The first-order valence-corrected chi connectivity index (χ1v) is 5.96. The van der Waals surface area contributed by atoms with Crippen molar-refractivity contribution >= 4 is 0 Å². The molecule has 0 heteroatoms. The summed E-state index contributed by atoms with van der Waals surface area (Å²) in [5.74, 6) is 6.38. The Bertz CT molecular complexity index is 554. The maximum Gasteiger partial charge on any atom is 0.0251 e. The highest BCUT2D eigenvalue weighted by molar-refractivity contribution is 5.45. The Morgan fingerprint density at radius 1 is 0.882 bits per heavy atom. The van der Waals surface area contributed by atoms with E-state index in [0.29, 0.717) is 0 Å². The van der Waals surface area contributed by atoms with E-state index in [4.69, 9.17) is 0 Å². The second-order valence-electron chi connectivity index (χ2n) is 4.11. The van der Waals surface area contributed by atoms with Crippen molar-refractivity contribution in [1.82, 2.24) is 0 Å². The van der Waals surface area contributed by atoms with Crippen molar-refractivity contribution in [2.45, 2.75) is 20.3 Å². The van der Waals surface area contributed by atoms with Crippen LogP contribution in [0.2, 0.25) is 0 Å². The van der Waals surface area contributed by atoms with Crippen molar-refractivity contribution in [2.24, 2.45) is 0 Å². The lowest BCUT2D eigenvalue weighted by molar-refractivity contribution is 1.11. The Labute approximate surface area is 103 Å². The Morgan fingerprint density at radius 2 is 1.59 bits per heavy atom. The first-order valence-electron chi connectivity index (χ1n) is 5.96. The van der Waals surface area contributed by atoms with Gasteiger partial charge in [0, 0.05) is 11.1 Å². The van der Waals surface area contributed by atoms with Crippen molar-refractivity contribution in [3.8, 4) is 11.8 Å². The Hall–Kier alpha value is -2.00. The van der Waals surface area contributed by atoms with Crippen LogP contribution in [0.4, 0.5) is 0 Å². The first-order chi connectivity index (χ1) is 8.29. The maximum absolute atomic E-state index is 3.20. The van der Waals surface area contributed by atoms with Crippen LogP contribution in [0.5, 0.6) is 0 Å². The fourth-order valence-corrected chi connectivity index (χ4v) is 1.84. The third-order valence-electron chi connectivity index (χ3n) is 2.85. The van der Waals surface area contributed by atoms with Gasteiger partial charge in [0.25, 0.3) is 0 Å². The van der Waals surface area contributed by atoms with Crippen molar-refractivity contribution in [2.75, 3.05) is 0 Å². The number of rotatable bonds is 1. The van der Waals surface area contributed by atoms with E-state index in [9.17, 15) is 0 Å². The summed E-state index contributed by atoms with van der Waals surface area (Å²) >= 11 is 0. The van der Waals surface area contributed by atoms with Gasteiger partial charge in [0.05, 0.1) is 0 Å². The molecule has 0 amide bonds. The molecule has 0 fully saturated rings. The second-order valence-corrected chi connectivity index (χ2v) is 4.11. The summed E-state index contributed by atoms with van der Waals surface area (Å²) in [6.07, 6.45) is 1.08. The van der Waals surface area contributed by atoms with Crippen LogP contribution in [0.3, 0.4) is 0 Å². The molecule has 2 aromatic carbocycles. The fourth-order valence-electron chi connectivity index (χ4n) is 1.84. The third-order valence-corrected chi connectivity index (χ3v) is 2.85. The molecule has 0 aliphatic carbocycles. The van der Waals surface area contributed by atoms with Crippen LogP contribution < -0.4 is 0 Å². The summed E-state index contributed by atoms with van der Waals surface area (Å²) in [5, 5.41) is 0. The highest BCUT2D eigenvalue weighted by atomic mass is 14.0. The predicted octanol–water partition coefficient (Wildman–Crippen LogP) is 3.96. The van der Waals surface area contributed by atoms with E-state index >= 15 is 0 Å². The zero-order valence-electron chi connectivity index (χ0n) is 10.3. The minimum absolute atomic E-state index is 1.06. The molecule has 0 radical (unpaired) electrons. The molecule has 0 aliphatic rings. The molecule has 17 heavy (non-hydrogen) atoms. The number of hydrogen-bond donors (Lipinski definition) is 0. The number of benzene rings is 2. The van der Waals surface area contributed by atoms with Crippen molar-refractivity contribution < 1.29 is 0 Å². The van der Waals surface area contributed by atoms with E-state index in [2.05, 4.69) is 43.9 Å². The first kappa shape index (κ1) is 11.5. The summed E-state index contributed by atoms with van der Waals surface area (Å²) in [4.78, 5) is 0. The molecule has 0 spiro atoms. The smallest absolute Gasteiger partial charge is 0.0251 e. The van der Waals surface area contributed by atoms with Gasteiger partial charge in [-0.1, -0.05) is 43.0 Å². The van der Waals surface area contributed by atoms with Crippen LogP contribution in [0.25, 0.3) is 0 Å². The standard InChI is InChI=1S/C17H16/c1-3-17-12-11-16(13-14(17)2)10-9-15-7-5-4-6-8-15/h4-8,11-13H,3H2,1-2H3. The minimum atomic E-state index is 1.06. The lowest BCUT2D eigenvalue weighted by Gasteiger charge is -2.02. The predicted molar refractivity (Wildman–Crippen MR) is 73.0 cm³/mol. The highest BCUT2D eigenvalue weighted by Crippen LogP contribution is 2.11. The van der Waals surface area contributed by atoms with E-state index in [1.165, 1.54) is 11.1 Å². The van der Waals surface area contributed by atoms with Crippen LogP contribution >= 0.6 is 0 Å². The lowest BCUT2D eigenvalue weighted by atomic mass is 10.0. The zero-order valence-corrected chi connectivity index (χ0v) is 10.3. The van der Waals surface area contributed by atoms with Gasteiger partial charge in [-0.15, -0.1) is 0 Å². The summed E-state index contributed by atoms with van der Waals surface area (Å²) in [7, 11) is 0. The van der Waals surface area contributed by atoms with E-state index in [1.54, 1.807) is 0 Å². The van der Waals surface area contributed by atoms with Gasteiger partial charge in [-0.05, 0) is 48.7 Å². The summed E-state index contributed by atoms with van der Waals surface area (Å²) < 4.78 is 0. The molecular formula is C17H16. The molecule has 0 saturated carbocycles. The molecule has 0 unspecified atom stereocenters. The normalized spacial score (nSPS) is 9.53. The second kappa shape index (κ2) is 5.37. The fraction of sp³-hybridized carbons (Fsp3) is 0.176. The van der Waals surface area contributed by atoms with Gasteiger partial charge in [0.2, 0.25) is 0 Å². The summed E-state index contributed by atoms with van der Waals surface area (Å²) in [6, 6.07) is 16.5. The van der Waals surface area contributed by atoms with Gasteiger partial charge in [-0.3, -0.25) is 0 Å². The van der Waals surface area contributed by atoms with E-state index in [-0.39, 0.29) is 0 Å². The summed E-state index contributed by atoms with van der Waals surface area (Å²) in [5.41, 5.74) is 4.87. The number of aryl methyl sites for hydroxylation is 2. The van der Waals surface area contributed by atoms with Crippen LogP contribution in [-0.4, -0.2) is 0 Å². The minimum Gasteiger partial charge on any atom is -0.0622 e. The molecule has 0 atom stereocenters. The van der Waals surface area contributed by atoms with Gasteiger partial charge in [0.15, 0.2) is 0 Å². The lowest BCUT2D eigenvalue weighted by Crippen LogP contribution is -1.87. The molecule has 0 heterocycles.